The van der Waals surface area contributed by atoms with Gasteiger partial charge in [0.15, 0.2) is 0 Å². The molecule has 0 radical (unpaired) electrons. The SMILES string of the molecule is Cl[Si](Cl)(CCc1ccccc1)C1CCCCC1. The smallest absolute Gasteiger partial charge is 0.146 e. The minimum Gasteiger partial charge on any atom is -0.146 e. The summed E-state index contributed by atoms with van der Waals surface area (Å²) in [5.41, 5.74) is 1.99. The Hall–Kier alpha value is 0.0169. The zero-order valence-electron chi connectivity index (χ0n) is 10.2. The molecule has 3 heteroatoms. The number of rotatable bonds is 4. The lowest BCUT2D eigenvalue weighted by atomic mass is 10.0. The van der Waals surface area contributed by atoms with E-state index in [0.29, 0.717) is 5.54 Å². The summed E-state index contributed by atoms with van der Waals surface area (Å²) in [4.78, 5) is 0. The third-order valence-corrected chi connectivity index (χ3v) is 9.47. The van der Waals surface area contributed by atoms with Crippen LogP contribution in [0.25, 0.3) is 0 Å². The van der Waals surface area contributed by atoms with E-state index in [1.54, 1.807) is 0 Å². The van der Waals surface area contributed by atoms with Crippen LogP contribution in [-0.2, 0) is 6.42 Å². The standard InChI is InChI=1S/C14H20Cl2Si/c15-17(16,14-9-5-2-6-10-14)12-11-13-7-3-1-4-8-13/h1,3-4,7-8,14H,2,5-6,9-12H2. The molecule has 0 amide bonds. The van der Waals surface area contributed by atoms with Crippen LogP contribution in [0.1, 0.15) is 37.7 Å². The van der Waals surface area contributed by atoms with E-state index < -0.39 is 6.69 Å². The predicted molar refractivity (Wildman–Crippen MR) is 79.2 cm³/mol. The van der Waals surface area contributed by atoms with Crippen molar-refractivity contribution in [2.24, 2.45) is 0 Å². The van der Waals surface area contributed by atoms with Crippen molar-refractivity contribution < 1.29 is 0 Å². The Kier molecular flexibility index (Phi) is 4.95. The zero-order valence-corrected chi connectivity index (χ0v) is 12.7. The van der Waals surface area contributed by atoms with Crippen LogP contribution in [0.5, 0.6) is 0 Å². The maximum atomic E-state index is 6.67. The van der Waals surface area contributed by atoms with E-state index in [1.807, 2.05) is 0 Å². The summed E-state index contributed by atoms with van der Waals surface area (Å²) in [6, 6.07) is 11.6. The van der Waals surface area contributed by atoms with E-state index in [9.17, 15) is 0 Å². The van der Waals surface area contributed by atoms with Crippen LogP contribution in [0.2, 0.25) is 11.6 Å². The molecule has 0 unspecified atom stereocenters. The number of hydrogen-bond donors (Lipinski definition) is 0. The average molecular weight is 287 g/mol. The van der Waals surface area contributed by atoms with Gasteiger partial charge >= 0.3 is 0 Å². The fourth-order valence-electron chi connectivity index (χ4n) is 2.68. The number of aryl methyl sites for hydroxylation is 1. The van der Waals surface area contributed by atoms with Crippen LogP contribution in [0.3, 0.4) is 0 Å². The summed E-state index contributed by atoms with van der Waals surface area (Å²) in [5.74, 6) is 0. The van der Waals surface area contributed by atoms with Gasteiger partial charge in [0.25, 0.3) is 6.69 Å². The van der Waals surface area contributed by atoms with Gasteiger partial charge in [0, 0.05) is 0 Å². The minimum atomic E-state index is -2.04. The fourth-order valence-corrected chi connectivity index (χ4v) is 6.84. The van der Waals surface area contributed by atoms with Crippen molar-refractivity contribution in [3.8, 4) is 0 Å². The van der Waals surface area contributed by atoms with Crippen LogP contribution in [0.4, 0.5) is 0 Å². The van der Waals surface area contributed by atoms with E-state index in [0.717, 1.165) is 12.5 Å². The molecule has 1 saturated carbocycles. The lowest BCUT2D eigenvalue weighted by molar-refractivity contribution is 0.496. The quantitative estimate of drug-likeness (QED) is 0.508. The lowest BCUT2D eigenvalue weighted by Gasteiger charge is -2.30. The molecular formula is C14H20Cl2Si. The number of halogens is 2. The van der Waals surface area contributed by atoms with Crippen LogP contribution in [-0.4, -0.2) is 6.69 Å². The summed E-state index contributed by atoms with van der Waals surface area (Å²) in [6.07, 6.45) is 7.57. The molecule has 2 rings (SSSR count). The fraction of sp³-hybridized carbons (Fsp3) is 0.571. The van der Waals surface area contributed by atoms with Crippen molar-refractivity contribution in [3.05, 3.63) is 35.9 Å². The highest BCUT2D eigenvalue weighted by atomic mass is 35.7. The molecule has 1 aliphatic rings. The molecule has 1 fully saturated rings. The first kappa shape index (κ1) is 13.4. The maximum Gasteiger partial charge on any atom is 0.254 e. The lowest BCUT2D eigenvalue weighted by Crippen LogP contribution is -2.29. The Bertz CT molecular complexity index is 331. The highest BCUT2D eigenvalue weighted by molar-refractivity contribution is 7.46. The normalized spacial score (nSPS) is 18.2. The largest absolute Gasteiger partial charge is 0.254 e. The van der Waals surface area contributed by atoms with Gasteiger partial charge in [-0.1, -0.05) is 62.4 Å². The molecule has 0 heterocycles. The summed E-state index contributed by atoms with van der Waals surface area (Å²) < 4.78 is 0. The van der Waals surface area contributed by atoms with Crippen LogP contribution < -0.4 is 0 Å². The van der Waals surface area contributed by atoms with Crippen molar-refractivity contribution in [1.29, 1.82) is 0 Å². The second-order valence-corrected chi connectivity index (χ2v) is 12.5. The van der Waals surface area contributed by atoms with Gasteiger partial charge in [-0.25, -0.2) is 0 Å². The van der Waals surface area contributed by atoms with Crippen molar-refractivity contribution >= 4 is 28.9 Å². The topological polar surface area (TPSA) is 0 Å². The highest BCUT2D eigenvalue weighted by Crippen LogP contribution is 2.44. The zero-order chi connectivity index (χ0) is 12.1. The molecule has 1 aliphatic carbocycles. The van der Waals surface area contributed by atoms with Gasteiger partial charge in [-0.2, -0.15) is 0 Å². The van der Waals surface area contributed by atoms with Crippen LogP contribution in [0, 0.1) is 0 Å². The summed E-state index contributed by atoms with van der Waals surface area (Å²) in [7, 11) is 0. The molecule has 0 aliphatic heterocycles. The Morgan fingerprint density at radius 2 is 1.65 bits per heavy atom. The summed E-state index contributed by atoms with van der Waals surface area (Å²) in [5, 5.41) is 0. The molecule has 0 atom stereocenters. The van der Waals surface area contributed by atoms with Gasteiger partial charge in [0.05, 0.1) is 0 Å². The monoisotopic (exact) mass is 286 g/mol. The molecule has 1 aromatic carbocycles. The third-order valence-electron chi connectivity index (χ3n) is 3.79. The van der Waals surface area contributed by atoms with Gasteiger partial charge in [0.2, 0.25) is 0 Å². The summed E-state index contributed by atoms with van der Waals surface area (Å²) >= 11 is 13.3. The molecule has 0 spiro atoms. The predicted octanol–water partition coefficient (Wildman–Crippen LogP) is 5.48. The second-order valence-electron chi connectivity index (χ2n) is 5.08. The van der Waals surface area contributed by atoms with Gasteiger partial charge in [-0.15, -0.1) is 22.2 Å². The first-order chi connectivity index (χ1) is 8.18. The van der Waals surface area contributed by atoms with Gasteiger partial charge in [-0.05, 0) is 23.6 Å². The second kappa shape index (κ2) is 6.26. The molecule has 0 aromatic heterocycles. The van der Waals surface area contributed by atoms with Crippen molar-refractivity contribution in [2.75, 3.05) is 0 Å². The van der Waals surface area contributed by atoms with E-state index in [-0.39, 0.29) is 0 Å². The molecule has 0 saturated heterocycles. The van der Waals surface area contributed by atoms with E-state index in [4.69, 9.17) is 22.2 Å². The Morgan fingerprint density at radius 3 is 2.29 bits per heavy atom. The third kappa shape index (κ3) is 4.01. The summed E-state index contributed by atoms with van der Waals surface area (Å²) in [6.45, 7) is -2.04. The number of hydrogen-bond acceptors (Lipinski definition) is 0. The first-order valence-corrected chi connectivity index (χ1v) is 10.9. The Morgan fingerprint density at radius 1 is 1.00 bits per heavy atom. The Labute approximate surface area is 115 Å². The van der Waals surface area contributed by atoms with Gasteiger partial charge in [-0.3, -0.25) is 0 Å². The number of benzene rings is 1. The molecule has 94 valence electrons. The van der Waals surface area contributed by atoms with Gasteiger partial charge in [0.1, 0.15) is 0 Å². The van der Waals surface area contributed by atoms with E-state index >= 15 is 0 Å². The Balaban J connectivity index is 1.88. The average Bonchev–Trinajstić information content (AvgIpc) is 2.39. The van der Waals surface area contributed by atoms with E-state index in [1.165, 1.54) is 37.7 Å². The maximum absolute atomic E-state index is 6.67. The van der Waals surface area contributed by atoms with Crippen LogP contribution in [0.15, 0.2) is 30.3 Å². The van der Waals surface area contributed by atoms with Gasteiger partial charge < -0.3 is 0 Å². The molecular weight excluding hydrogens is 267 g/mol. The minimum absolute atomic E-state index is 0.628. The molecule has 0 nitrogen and oxygen atoms in total. The van der Waals surface area contributed by atoms with Crippen LogP contribution >= 0.6 is 22.2 Å². The molecule has 1 aromatic rings. The van der Waals surface area contributed by atoms with E-state index in [2.05, 4.69) is 30.3 Å². The molecule has 0 N–H and O–H groups in total. The van der Waals surface area contributed by atoms with Crippen molar-refractivity contribution in [1.82, 2.24) is 0 Å². The first-order valence-electron chi connectivity index (χ1n) is 6.60. The van der Waals surface area contributed by atoms with Crippen molar-refractivity contribution in [3.63, 3.8) is 0 Å². The van der Waals surface area contributed by atoms with Crippen molar-refractivity contribution in [2.45, 2.75) is 50.1 Å². The highest BCUT2D eigenvalue weighted by Gasteiger charge is 2.38. The molecule has 17 heavy (non-hydrogen) atoms. The molecule has 0 bridgehead atoms.